The number of nitrogens with one attached hydrogen (secondary N) is 1. The summed E-state index contributed by atoms with van der Waals surface area (Å²) in [6, 6.07) is 4.35. The van der Waals surface area contributed by atoms with E-state index in [-0.39, 0.29) is 11.8 Å². The van der Waals surface area contributed by atoms with Crippen LogP contribution in [0.15, 0.2) is 30.0 Å². The van der Waals surface area contributed by atoms with Gasteiger partial charge in [0, 0.05) is 6.42 Å². The minimum absolute atomic E-state index is 0.196. The highest BCUT2D eigenvalue weighted by Crippen LogP contribution is 2.29. The second kappa shape index (κ2) is 5.16. The molecule has 4 nitrogen and oxygen atoms in total. The molecule has 1 atom stereocenters. The second-order valence-electron chi connectivity index (χ2n) is 3.74. The van der Waals surface area contributed by atoms with Gasteiger partial charge in [0.25, 0.3) is 0 Å². The standard InChI is InChI=1S/C12H15FN2O2/c1-16-11-7-8(4-5-9(11)13)12(15-14)10-3-2-6-17-10/h3-5,7,12,15H,2,6,14H2,1H3. The average molecular weight is 238 g/mol. The van der Waals surface area contributed by atoms with Gasteiger partial charge in [0.05, 0.1) is 13.7 Å². The molecule has 92 valence electrons. The number of nitrogens with two attached hydrogens (primary N) is 1. The SMILES string of the molecule is COc1cc(C(NN)C2=CCCO2)ccc1F. The highest BCUT2D eigenvalue weighted by Gasteiger charge is 2.20. The third-order valence-electron chi connectivity index (χ3n) is 2.69. The summed E-state index contributed by atoms with van der Waals surface area (Å²) < 4.78 is 23.7. The highest BCUT2D eigenvalue weighted by atomic mass is 19.1. The topological polar surface area (TPSA) is 56.5 Å². The largest absolute Gasteiger partial charge is 0.496 e. The smallest absolute Gasteiger partial charge is 0.165 e. The Morgan fingerprint density at radius 2 is 2.35 bits per heavy atom. The van der Waals surface area contributed by atoms with E-state index in [9.17, 15) is 4.39 Å². The van der Waals surface area contributed by atoms with Crippen LogP contribution >= 0.6 is 0 Å². The van der Waals surface area contributed by atoms with E-state index in [1.54, 1.807) is 12.1 Å². The van der Waals surface area contributed by atoms with Gasteiger partial charge in [0.1, 0.15) is 11.8 Å². The molecule has 0 aromatic heterocycles. The minimum atomic E-state index is -0.395. The Hall–Kier alpha value is -1.59. The van der Waals surface area contributed by atoms with Crippen LogP contribution in [0.2, 0.25) is 0 Å². The van der Waals surface area contributed by atoms with Crippen LogP contribution in [0.5, 0.6) is 5.75 Å². The third kappa shape index (κ3) is 2.40. The molecule has 0 fully saturated rings. The van der Waals surface area contributed by atoms with E-state index >= 15 is 0 Å². The lowest BCUT2D eigenvalue weighted by Crippen LogP contribution is -2.29. The van der Waals surface area contributed by atoms with Crippen molar-refractivity contribution in [3.05, 3.63) is 41.4 Å². The minimum Gasteiger partial charge on any atom is -0.496 e. The van der Waals surface area contributed by atoms with Crippen molar-refractivity contribution in [2.45, 2.75) is 12.5 Å². The van der Waals surface area contributed by atoms with E-state index in [4.69, 9.17) is 15.3 Å². The van der Waals surface area contributed by atoms with Gasteiger partial charge in [-0.15, -0.1) is 0 Å². The molecule has 1 unspecified atom stereocenters. The molecule has 1 aromatic rings. The molecule has 1 heterocycles. The Morgan fingerprint density at radius 1 is 1.53 bits per heavy atom. The van der Waals surface area contributed by atoms with Crippen LogP contribution in [-0.2, 0) is 4.74 Å². The fourth-order valence-corrected chi connectivity index (χ4v) is 1.84. The Labute approximate surface area is 99.2 Å². The molecule has 5 heteroatoms. The van der Waals surface area contributed by atoms with Gasteiger partial charge >= 0.3 is 0 Å². The predicted octanol–water partition coefficient (Wildman–Crippen LogP) is 1.64. The van der Waals surface area contributed by atoms with Gasteiger partial charge in [-0.25, -0.2) is 9.82 Å². The molecule has 0 saturated carbocycles. The molecule has 3 N–H and O–H groups in total. The number of hydrogen-bond acceptors (Lipinski definition) is 4. The van der Waals surface area contributed by atoms with Crippen molar-refractivity contribution in [1.29, 1.82) is 0 Å². The Kier molecular flexibility index (Phi) is 3.61. The first kappa shape index (κ1) is 11.9. The summed E-state index contributed by atoms with van der Waals surface area (Å²) >= 11 is 0. The fourth-order valence-electron chi connectivity index (χ4n) is 1.84. The Bertz CT molecular complexity index is 435. The number of hydrogen-bond donors (Lipinski definition) is 2. The number of ether oxygens (including phenoxy) is 2. The van der Waals surface area contributed by atoms with E-state index in [0.29, 0.717) is 6.61 Å². The maximum atomic E-state index is 13.3. The van der Waals surface area contributed by atoms with E-state index in [1.165, 1.54) is 13.2 Å². The quantitative estimate of drug-likeness (QED) is 0.618. The lowest BCUT2D eigenvalue weighted by atomic mass is 10.0. The van der Waals surface area contributed by atoms with Gasteiger partial charge in [0.15, 0.2) is 11.6 Å². The third-order valence-corrected chi connectivity index (χ3v) is 2.69. The zero-order valence-electron chi connectivity index (χ0n) is 9.57. The molecule has 17 heavy (non-hydrogen) atoms. The lowest BCUT2D eigenvalue weighted by Gasteiger charge is -2.18. The summed E-state index contributed by atoms with van der Waals surface area (Å²) in [5.41, 5.74) is 3.46. The van der Waals surface area contributed by atoms with Crippen LogP contribution in [0.25, 0.3) is 0 Å². The van der Waals surface area contributed by atoms with E-state index in [2.05, 4.69) is 5.43 Å². The number of rotatable bonds is 4. The van der Waals surface area contributed by atoms with Crippen LogP contribution in [0.4, 0.5) is 4.39 Å². The molecular formula is C12H15FN2O2. The molecule has 0 amide bonds. The van der Waals surface area contributed by atoms with Crippen LogP contribution in [0.3, 0.4) is 0 Å². The van der Waals surface area contributed by atoms with Crippen molar-refractivity contribution in [2.24, 2.45) is 5.84 Å². The molecule has 0 bridgehead atoms. The van der Waals surface area contributed by atoms with Gasteiger partial charge in [-0.2, -0.15) is 0 Å². The summed E-state index contributed by atoms with van der Waals surface area (Å²) in [6.45, 7) is 0.659. The molecule has 1 aliphatic heterocycles. The maximum absolute atomic E-state index is 13.3. The number of hydrazine groups is 1. The Morgan fingerprint density at radius 3 is 2.94 bits per heavy atom. The predicted molar refractivity (Wildman–Crippen MR) is 61.7 cm³/mol. The maximum Gasteiger partial charge on any atom is 0.165 e. The first-order chi connectivity index (χ1) is 8.26. The molecular weight excluding hydrogens is 223 g/mol. The van der Waals surface area contributed by atoms with Gasteiger partial charge in [-0.05, 0) is 23.8 Å². The first-order valence-electron chi connectivity index (χ1n) is 5.38. The fraction of sp³-hybridized carbons (Fsp3) is 0.333. The summed E-state index contributed by atoms with van der Waals surface area (Å²) in [7, 11) is 1.43. The van der Waals surface area contributed by atoms with Crippen LogP contribution in [0, 0.1) is 5.82 Å². The molecule has 1 aromatic carbocycles. The van der Waals surface area contributed by atoms with Crippen molar-refractivity contribution in [3.8, 4) is 5.75 Å². The molecule has 2 rings (SSSR count). The van der Waals surface area contributed by atoms with Gasteiger partial charge < -0.3 is 9.47 Å². The van der Waals surface area contributed by atoms with Crippen LogP contribution in [-0.4, -0.2) is 13.7 Å². The lowest BCUT2D eigenvalue weighted by molar-refractivity contribution is 0.215. The zero-order chi connectivity index (χ0) is 12.3. The van der Waals surface area contributed by atoms with E-state index in [1.807, 2.05) is 6.08 Å². The second-order valence-corrected chi connectivity index (χ2v) is 3.74. The molecule has 1 aliphatic rings. The van der Waals surface area contributed by atoms with Gasteiger partial charge in [0.2, 0.25) is 0 Å². The van der Waals surface area contributed by atoms with Gasteiger partial charge in [-0.1, -0.05) is 6.07 Å². The monoisotopic (exact) mass is 238 g/mol. The number of methoxy groups -OCH3 is 1. The average Bonchev–Trinajstić information content (AvgIpc) is 2.86. The number of halogens is 1. The molecule has 0 radical (unpaired) electrons. The van der Waals surface area contributed by atoms with Crippen molar-refractivity contribution >= 4 is 0 Å². The van der Waals surface area contributed by atoms with Crippen LogP contribution in [0.1, 0.15) is 18.0 Å². The van der Waals surface area contributed by atoms with Crippen molar-refractivity contribution in [1.82, 2.24) is 5.43 Å². The van der Waals surface area contributed by atoms with E-state index in [0.717, 1.165) is 17.7 Å². The highest BCUT2D eigenvalue weighted by molar-refractivity contribution is 5.35. The number of benzene rings is 1. The summed E-state index contributed by atoms with van der Waals surface area (Å²) in [4.78, 5) is 0. The molecule has 0 spiro atoms. The van der Waals surface area contributed by atoms with Crippen molar-refractivity contribution in [2.75, 3.05) is 13.7 Å². The first-order valence-corrected chi connectivity index (χ1v) is 5.38. The molecule has 0 aliphatic carbocycles. The summed E-state index contributed by atoms with van der Waals surface area (Å²) in [5.74, 6) is 6.07. The molecule has 0 saturated heterocycles. The summed E-state index contributed by atoms with van der Waals surface area (Å²) in [5, 5.41) is 0. The normalized spacial score (nSPS) is 16.3. The van der Waals surface area contributed by atoms with Crippen LogP contribution < -0.4 is 16.0 Å². The van der Waals surface area contributed by atoms with Gasteiger partial charge in [-0.3, -0.25) is 5.84 Å². The summed E-state index contributed by atoms with van der Waals surface area (Å²) in [6.07, 6.45) is 2.84. The van der Waals surface area contributed by atoms with Crippen molar-refractivity contribution in [3.63, 3.8) is 0 Å². The zero-order valence-corrected chi connectivity index (χ0v) is 9.57. The Balaban J connectivity index is 2.30. The van der Waals surface area contributed by atoms with Crippen molar-refractivity contribution < 1.29 is 13.9 Å². The van der Waals surface area contributed by atoms with E-state index < -0.39 is 5.82 Å².